The molecule has 1 saturated carbocycles. The van der Waals surface area contributed by atoms with E-state index >= 15 is 0 Å². The number of benzene rings is 2. The van der Waals surface area contributed by atoms with E-state index in [2.05, 4.69) is 26.1 Å². The van der Waals surface area contributed by atoms with Crippen LogP contribution in [0, 0.1) is 0 Å². The highest BCUT2D eigenvalue weighted by molar-refractivity contribution is 9.10. The van der Waals surface area contributed by atoms with Gasteiger partial charge in [-0.25, -0.2) is 0 Å². The molecular weight excluding hydrogens is 428 g/mol. The lowest BCUT2D eigenvalue weighted by Gasteiger charge is -2.18. The number of aromatic nitrogens is 3. The molecule has 26 heavy (non-hydrogen) atoms. The van der Waals surface area contributed by atoms with Gasteiger partial charge >= 0.3 is 0 Å². The Balaban J connectivity index is 2.04. The van der Waals surface area contributed by atoms with Gasteiger partial charge in [-0.05, 0) is 51.8 Å². The van der Waals surface area contributed by atoms with Crippen LogP contribution in [0.25, 0.3) is 16.5 Å². The molecule has 9 heteroatoms. The van der Waals surface area contributed by atoms with Crippen molar-refractivity contribution in [3.05, 3.63) is 34.6 Å². The first-order valence-electron chi connectivity index (χ1n) is 7.92. The number of alkyl halides is 2. The number of hydrogen-bond acceptors (Lipinski definition) is 5. The predicted molar refractivity (Wildman–Crippen MR) is 98.3 cm³/mol. The van der Waals surface area contributed by atoms with Crippen molar-refractivity contribution in [2.45, 2.75) is 36.1 Å². The standard InChI is InChI=1S/C17H14BrF2N3O2S/c1-17(19,20)26-16-22-21-15(18)23(16)12-10-5-3-2-4-9(10)11(8-6-7-8)13(24)14(12)25/h2-5,8,24-25H,6-7H2,1H3. The van der Waals surface area contributed by atoms with Gasteiger partial charge in [0, 0.05) is 17.9 Å². The van der Waals surface area contributed by atoms with Gasteiger partial charge in [0.15, 0.2) is 11.5 Å². The average Bonchev–Trinajstić information content (AvgIpc) is 3.34. The van der Waals surface area contributed by atoms with E-state index in [1.807, 2.05) is 12.1 Å². The Morgan fingerprint density at radius 2 is 1.81 bits per heavy atom. The molecule has 1 aromatic heterocycles. The van der Waals surface area contributed by atoms with Crippen molar-refractivity contribution in [1.29, 1.82) is 0 Å². The van der Waals surface area contributed by atoms with E-state index in [9.17, 15) is 19.0 Å². The lowest BCUT2D eigenvalue weighted by molar-refractivity contribution is 0.128. The number of halogens is 3. The highest BCUT2D eigenvalue weighted by Crippen LogP contribution is 2.53. The Hall–Kier alpha value is -1.87. The number of phenols is 2. The van der Waals surface area contributed by atoms with Crippen LogP contribution < -0.4 is 0 Å². The van der Waals surface area contributed by atoms with E-state index in [1.54, 1.807) is 12.1 Å². The minimum absolute atomic E-state index is 0.0941. The molecule has 2 N–H and O–H groups in total. The van der Waals surface area contributed by atoms with Gasteiger partial charge in [0.05, 0.1) is 0 Å². The van der Waals surface area contributed by atoms with Crippen LogP contribution in [0.1, 0.15) is 31.2 Å². The number of phenolic OH excluding ortho intramolecular Hbond substituents is 2. The molecule has 0 atom stereocenters. The lowest BCUT2D eigenvalue weighted by Crippen LogP contribution is -2.07. The van der Waals surface area contributed by atoms with Crippen molar-refractivity contribution in [2.24, 2.45) is 0 Å². The zero-order valence-electron chi connectivity index (χ0n) is 13.6. The molecule has 0 amide bonds. The maximum atomic E-state index is 13.5. The van der Waals surface area contributed by atoms with Gasteiger partial charge in [0.2, 0.25) is 9.89 Å². The third kappa shape index (κ3) is 2.92. The van der Waals surface area contributed by atoms with Gasteiger partial charge in [-0.15, -0.1) is 10.2 Å². The van der Waals surface area contributed by atoms with Gasteiger partial charge in [0.1, 0.15) is 5.69 Å². The van der Waals surface area contributed by atoms with Crippen LogP contribution in [-0.4, -0.2) is 30.2 Å². The van der Waals surface area contributed by atoms with Crippen LogP contribution in [0.2, 0.25) is 0 Å². The summed E-state index contributed by atoms with van der Waals surface area (Å²) in [5.41, 5.74) is 0.868. The van der Waals surface area contributed by atoms with E-state index in [0.29, 0.717) is 10.9 Å². The van der Waals surface area contributed by atoms with E-state index in [-0.39, 0.29) is 44.8 Å². The van der Waals surface area contributed by atoms with Gasteiger partial charge in [-0.3, -0.25) is 4.57 Å². The lowest BCUT2D eigenvalue weighted by atomic mass is 9.97. The molecule has 2 aromatic carbocycles. The molecule has 1 aliphatic rings. The first kappa shape index (κ1) is 17.5. The maximum Gasteiger partial charge on any atom is 0.298 e. The molecule has 0 radical (unpaired) electrons. The van der Waals surface area contributed by atoms with Gasteiger partial charge in [-0.2, -0.15) is 8.78 Å². The van der Waals surface area contributed by atoms with Gasteiger partial charge in [-0.1, -0.05) is 24.3 Å². The second kappa shape index (κ2) is 6.09. The predicted octanol–water partition coefficient (Wildman–Crippen LogP) is 5.18. The fraction of sp³-hybridized carbons (Fsp3) is 0.294. The molecule has 0 spiro atoms. The second-order valence-electron chi connectivity index (χ2n) is 6.28. The Labute approximate surface area is 160 Å². The van der Waals surface area contributed by atoms with Crippen molar-refractivity contribution < 1.29 is 19.0 Å². The number of fused-ring (bicyclic) bond motifs is 1. The van der Waals surface area contributed by atoms with Crippen LogP contribution >= 0.6 is 27.7 Å². The summed E-state index contributed by atoms with van der Waals surface area (Å²) in [7, 11) is 0. The highest BCUT2D eigenvalue weighted by Gasteiger charge is 2.34. The van der Waals surface area contributed by atoms with Crippen molar-refractivity contribution >= 4 is 38.5 Å². The summed E-state index contributed by atoms with van der Waals surface area (Å²) in [4.78, 5) is 0. The molecule has 0 bridgehead atoms. The molecule has 4 rings (SSSR count). The largest absolute Gasteiger partial charge is 0.504 e. The number of hydrogen-bond donors (Lipinski definition) is 2. The van der Waals surface area contributed by atoms with Crippen LogP contribution in [-0.2, 0) is 0 Å². The quantitative estimate of drug-likeness (QED) is 0.431. The molecule has 0 saturated heterocycles. The fourth-order valence-corrected chi connectivity index (χ4v) is 4.31. The summed E-state index contributed by atoms with van der Waals surface area (Å²) in [5.74, 6) is -0.397. The SMILES string of the molecule is CC(F)(F)Sc1nnc(Br)n1-c1c(O)c(O)c(C2CC2)c2ccccc12. The third-order valence-corrected chi connectivity index (χ3v) is 5.57. The molecule has 1 heterocycles. The molecule has 136 valence electrons. The fourth-order valence-electron chi connectivity index (χ4n) is 3.10. The minimum atomic E-state index is -3.08. The number of thioether (sulfide) groups is 1. The molecule has 1 aliphatic carbocycles. The van der Waals surface area contributed by atoms with Gasteiger partial charge in [0.25, 0.3) is 5.25 Å². The van der Waals surface area contributed by atoms with Crippen molar-refractivity contribution in [3.8, 4) is 17.2 Å². The zero-order valence-corrected chi connectivity index (χ0v) is 16.0. The molecule has 1 fully saturated rings. The van der Waals surface area contributed by atoms with E-state index in [4.69, 9.17) is 0 Å². The summed E-state index contributed by atoms with van der Waals surface area (Å²) < 4.78 is 28.5. The van der Waals surface area contributed by atoms with Crippen molar-refractivity contribution in [1.82, 2.24) is 14.8 Å². The molecular formula is C17H14BrF2N3O2S. The number of nitrogens with zero attached hydrogens (tertiary/aromatic N) is 3. The van der Waals surface area contributed by atoms with E-state index in [1.165, 1.54) is 4.57 Å². The third-order valence-electron chi connectivity index (χ3n) is 4.25. The second-order valence-corrected chi connectivity index (χ2v) is 8.27. The average molecular weight is 442 g/mol. The molecule has 0 unspecified atom stereocenters. The van der Waals surface area contributed by atoms with Crippen molar-refractivity contribution in [3.63, 3.8) is 0 Å². The van der Waals surface area contributed by atoms with E-state index in [0.717, 1.165) is 25.2 Å². The summed E-state index contributed by atoms with van der Waals surface area (Å²) in [5, 5.41) is 27.2. The summed E-state index contributed by atoms with van der Waals surface area (Å²) in [6.07, 6.45) is 1.88. The smallest absolute Gasteiger partial charge is 0.298 e. The Morgan fingerprint density at radius 3 is 2.42 bits per heavy atom. The van der Waals surface area contributed by atoms with Gasteiger partial charge < -0.3 is 10.2 Å². The van der Waals surface area contributed by atoms with Crippen LogP contribution in [0.4, 0.5) is 8.78 Å². The first-order valence-corrected chi connectivity index (χ1v) is 9.53. The summed E-state index contributed by atoms with van der Waals surface area (Å²) >= 11 is 3.43. The number of rotatable bonds is 4. The van der Waals surface area contributed by atoms with E-state index < -0.39 is 5.25 Å². The minimum Gasteiger partial charge on any atom is -0.504 e. The summed E-state index contributed by atoms with van der Waals surface area (Å²) in [6.45, 7) is 0.760. The Morgan fingerprint density at radius 1 is 1.15 bits per heavy atom. The summed E-state index contributed by atoms with van der Waals surface area (Å²) in [6, 6.07) is 7.26. The van der Waals surface area contributed by atoms with Crippen LogP contribution in [0.15, 0.2) is 34.2 Å². The Kier molecular flexibility index (Phi) is 4.11. The highest BCUT2D eigenvalue weighted by atomic mass is 79.9. The topological polar surface area (TPSA) is 71.2 Å². The molecule has 3 aromatic rings. The molecule has 0 aliphatic heterocycles. The normalized spacial score (nSPS) is 14.9. The van der Waals surface area contributed by atoms with Crippen molar-refractivity contribution in [2.75, 3.05) is 0 Å². The van der Waals surface area contributed by atoms with Crippen LogP contribution in [0.5, 0.6) is 11.5 Å². The molecule has 5 nitrogen and oxygen atoms in total. The maximum absolute atomic E-state index is 13.5. The monoisotopic (exact) mass is 441 g/mol. The first-order chi connectivity index (χ1) is 12.3. The van der Waals surface area contributed by atoms with Crippen LogP contribution in [0.3, 0.4) is 0 Å². The Bertz CT molecular complexity index is 1020. The number of aromatic hydroxyl groups is 2. The zero-order chi connectivity index (χ0) is 18.6.